The lowest BCUT2D eigenvalue weighted by Crippen LogP contribution is -2.34. The van der Waals surface area contributed by atoms with Crippen molar-refractivity contribution in [1.29, 1.82) is 5.53 Å². The predicted octanol–water partition coefficient (Wildman–Crippen LogP) is 2.50. The Morgan fingerprint density at radius 3 is 2.67 bits per heavy atom. The number of rotatable bonds is 8. The second-order valence-electron chi connectivity index (χ2n) is 7.90. The number of hydrogen-bond donors (Lipinski definition) is 4. The molecule has 1 aromatic carbocycles. The van der Waals surface area contributed by atoms with E-state index in [0.717, 1.165) is 43.7 Å². The molecule has 1 aliphatic rings. The summed E-state index contributed by atoms with van der Waals surface area (Å²) in [7, 11) is 0. The summed E-state index contributed by atoms with van der Waals surface area (Å²) < 4.78 is 15.0. The summed E-state index contributed by atoms with van der Waals surface area (Å²) >= 11 is 0. The van der Waals surface area contributed by atoms with Crippen molar-refractivity contribution in [2.45, 2.75) is 26.7 Å². The molecule has 0 bridgehead atoms. The molecule has 9 heteroatoms. The summed E-state index contributed by atoms with van der Waals surface area (Å²) in [6.07, 6.45) is 6.63. The minimum absolute atomic E-state index is 0.0875. The highest BCUT2D eigenvalue weighted by Gasteiger charge is 2.22. The van der Waals surface area contributed by atoms with E-state index in [0.29, 0.717) is 24.7 Å². The zero-order chi connectivity index (χ0) is 22.1. The molecule has 8 nitrogen and oxygen atoms in total. The van der Waals surface area contributed by atoms with Crippen LogP contribution in [0.25, 0.3) is 0 Å². The van der Waals surface area contributed by atoms with E-state index < -0.39 is 5.82 Å². The van der Waals surface area contributed by atoms with Crippen LogP contribution in [0.4, 0.5) is 10.1 Å². The van der Waals surface area contributed by atoms with Crippen molar-refractivity contribution in [2.24, 2.45) is 33.4 Å². The fourth-order valence-electron chi connectivity index (χ4n) is 3.70. The van der Waals surface area contributed by atoms with E-state index in [-0.39, 0.29) is 11.4 Å². The van der Waals surface area contributed by atoms with Gasteiger partial charge in [-0.05, 0) is 54.8 Å². The van der Waals surface area contributed by atoms with Crippen molar-refractivity contribution >= 4 is 11.5 Å². The Labute approximate surface area is 177 Å². The zero-order valence-corrected chi connectivity index (χ0v) is 17.8. The van der Waals surface area contributed by atoms with Crippen LogP contribution in [0.15, 0.2) is 46.5 Å². The molecule has 0 aromatic heterocycles. The molecule has 0 amide bonds. The summed E-state index contributed by atoms with van der Waals surface area (Å²) in [6, 6.07) is 3.49. The maximum absolute atomic E-state index is 15.0. The molecule has 0 atom stereocenters. The van der Waals surface area contributed by atoms with Gasteiger partial charge in [0.25, 0.3) is 0 Å². The minimum Gasteiger partial charge on any atom is -0.405 e. The molecule has 0 spiro atoms. The lowest BCUT2D eigenvalue weighted by molar-refractivity contribution is 0.317. The molecule has 30 heavy (non-hydrogen) atoms. The molecular weight excluding hydrogens is 383 g/mol. The maximum Gasteiger partial charge on any atom is 0.160 e. The van der Waals surface area contributed by atoms with Crippen molar-refractivity contribution in [1.82, 2.24) is 4.90 Å². The number of amidine groups is 1. The molecule has 2 rings (SSSR count). The van der Waals surface area contributed by atoms with Crippen molar-refractivity contribution in [3.63, 3.8) is 0 Å². The number of nitrogens with one attached hydrogen (secondary N) is 1. The Balaban J connectivity index is 2.30. The van der Waals surface area contributed by atoms with Crippen LogP contribution < -0.4 is 22.1 Å². The number of benzene rings is 1. The van der Waals surface area contributed by atoms with Gasteiger partial charge in [-0.2, -0.15) is 5.53 Å². The van der Waals surface area contributed by atoms with Gasteiger partial charge in [0.15, 0.2) is 5.84 Å². The highest BCUT2D eigenvalue weighted by molar-refractivity contribution is 6.02. The van der Waals surface area contributed by atoms with Gasteiger partial charge in [-0.25, -0.2) is 4.39 Å². The molecule has 0 saturated carbocycles. The van der Waals surface area contributed by atoms with Crippen LogP contribution in [0.5, 0.6) is 0 Å². The van der Waals surface area contributed by atoms with Gasteiger partial charge >= 0.3 is 0 Å². The molecule has 1 saturated heterocycles. The topological polar surface area (TPSA) is 133 Å². The van der Waals surface area contributed by atoms with Gasteiger partial charge in [-0.3, -0.25) is 4.90 Å². The highest BCUT2D eigenvalue weighted by Crippen LogP contribution is 2.28. The second kappa shape index (κ2) is 11.3. The average Bonchev–Trinajstić information content (AvgIpc) is 2.91. The third-order valence-corrected chi connectivity index (χ3v) is 4.94. The Hall–Kier alpha value is -2.94. The van der Waals surface area contributed by atoms with E-state index in [2.05, 4.69) is 34.0 Å². The van der Waals surface area contributed by atoms with E-state index in [4.69, 9.17) is 22.7 Å². The molecule has 1 fully saturated rings. The monoisotopic (exact) mass is 416 g/mol. The van der Waals surface area contributed by atoms with Gasteiger partial charge in [-0.15, -0.1) is 5.10 Å². The normalized spacial score (nSPS) is 17.0. The smallest absolute Gasteiger partial charge is 0.160 e. The number of anilines is 1. The van der Waals surface area contributed by atoms with Gasteiger partial charge in [0.1, 0.15) is 5.82 Å². The largest absolute Gasteiger partial charge is 0.405 e. The van der Waals surface area contributed by atoms with Crippen LogP contribution in [0, 0.1) is 17.3 Å². The van der Waals surface area contributed by atoms with Gasteiger partial charge in [0.2, 0.25) is 0 Å². The van der Waals surface area contributed by atoms with E-state index in [1.807, 2.05) is 6.07 Å². The first-order valence-electron chi connectivity index (χ1n) is 10.2. The van der Waals surface area contributed by atoms with Crippen molar-refractivity contribution in [2.75, 3.05) is 37.6 Å². The maximum atomic E-state index is 15.0. The lowest BCUT2D eigenvalue weighted by atomic mass is 9.99. The molecule has 7 N–H and O–H groups in total. The summed E-state index contributed by atoms with van der Waals surface area (Å²) in [5, 5.41) is 6.56. The zero-order valence-electron chi connectivity index (χ0n) is 17.8. The SMILES string of the molecule is CC(C)Cc1cc(F)c(/C(N)=N/N=N)c(N2CCCN(C/C(N)=C/C=C\N)CC2)c1. The van der Waals surface area contributed by atoms with Gasteiger partial charge in [-0.1, -0.05) is 19.1 Å². The first kappa shape index (κ1) is 23.3. The van der Waals surface area contributed by atoms with Gasteiger partial charge in [0.05, 0.1) is 11.3 Å². The number of halogens is 1. The molecule has 1 aliphatic heterocycles. The number of nitrogens with zero attached hydrogens (tertiary/aromatic N) is 4. The summed E-state index contributed by atoms with van der Waals surface area (Å²) in [5.41, 5.74) is 26.9. The van der Waals surface area contributed by atoms with Crippen LogP contribution in [0.3, 0.4) is 0 Å². The Morgan fingerprint density at radius 1 is 1.23 bits per heavy atom. The highest BCUT2D eigenvalue weighted by atomic mass is 19.1. The van der Waals surface area contributed by atoms with Crippen molar-refractivity contribution in [3.05, 3.63) is 53.1 Å². The Kier molecular flexibility index (Phi) is 8.79. The molecule has 0 radical (unpaired) electrons. The number of allylic oxidation sites excluding steroid dienone is 2. The van der Waals surface area contributed by atoms with Gasteiger partial charge < -0.3 is 22.1 Å². The molecule has 1 aromatic rings. The Bertz CT molecular complexity index is 815. The third kappa shape index (κ3) is 6.55. The lowest BCUT2D eigenvalue weighted by Gasteiger charge is -2.27. The molecule has 0 aliphatic carbocycles. The number of nitrogens with two attached hydrogens (primary N) is 3. The standard InChI is InChI=1S/C21H33FN8/c1-15(2)11-16-12-18(22)20(21(25)27-28-26)19(13-16)30-8-4-7-29(9-10-30)14-17(24)5-3-6-23/h3,5-6,12-13,15H,4,7-11,14,23-24H2,1-2H3,(H3,25,26,27)/b6-3-,17-5-. The fraction of sp³-hybridized carbons (Fsp3) is 0.476. The average molecular weight is 417 g/mol. The molecule has 0 unspecified atom stereocenters. The first-order valence-corrected chi connectivity index (χ1v) is 10.2. The molecule has 1 heterocycles. The fourth-order valence-corrected chi connectivity index (χ4v) is 3.70. The summed E-state index contributed by atoms with van der Waals surface area (Å²) in [5.74, 6) is -0.125. The van der Waals surface area contributed by atoms with Crippen LogP contribution >= 0.6 is 0 Å². The van der Waals surface area contributed by atoms with Gasteiger partial charge in [0, 0.05) is 38.4 Å². The number of hydrogen-bond acceptors (Lipinski definition) is 6. The quantitative estimate of drug-likeness (QED) is 0.170. The minimum atomic E-state index is -0.435. The third-order valence-electron chi connectivity index (χ3n) is 4.94. The molecular formula is C21H33FN8. The van der Waals surface area contributed by atoms with Crippen molar-refractivity contribution in [3.8, 4) is 0 Å². The molecule has 164 valence electrons. The summed E-state index contributed by atoms with van der Waals surface area (Å²) in [4.78, 5) is 4.40. The van der Waals surface area contributed by atoms with E-state index in [1.54, 1.807) is 12.2 Å². The predicted molar refractivity (Wildman–Crippen MR) is 120 cm³/mol. The van der Waals surface area contributed by atoms with Crippen LogP contribution in [0.2, 0.25) is 0 Å². The van der Waals surface area contributed by atoms with Crippen LogP contribution in [0.1, 0.15) is 31.4 Å². The second-order valence-corrected chi connectivity index (χ2v) is 7.90. The summed E-state index contributed by atoms with van der Waals surface area (Å²) in [6.45, 7) is 7.95. The van der Waals surface area contributed by atoms with E-state index >= 15 is 4.39 Å². The Morgan fingerprint density at radius 2 is 2.00 bits per heavy atom. The van der Waals surface area contributed by atoms with E-state index in [1.165, 1.54) is 12.3 Å². The van der Waals surface area contributed by atoms with E-state index in [9.17, 15) is 0 Å². The van der Waals surface area contributed by atoms with Crippen LogP contribution in [-0.2, 0) is 6.42 Å². The van der Waals surface area contributed by atoms with Crippen molar-refractivity contribution < 1.29 is 4.39 Å². The van der Waals surface area contributed by atoms with Crippen LogP contribution in [-0.4, -0.2) is 43.5 Å². The first-order chi connectivity index (χ1) is 14.3.